The summed E-state index contributed by atoms with van der Waals surface area (Å²) < 4.78 is 9.96. The van der Waals surface area contributed by atoms with E-state index < -0.39 is 6.10 Å². The van der Waals surface area contributed by atoms with E-state index in [0.29, 0.717) is 16.5 Å². The minimum absolute atomic E-state index is 0.101. The molecule has 5 nitrogen and oxygen atoms in total. The van der Waals surface area contributed by atoms with Crippen LogP contribution < -0.4 is 15.8 Å². The van der Waals surface area contributed by atoms with Crippen LogP contribution >= 0.6 is 11.6 Å². The molecule has 6 heteroatoms. The Morgan fingerprint density at radius 3 is 2.76 bits per heavy atom. The molecular weight excluding hydrogens is 244 g/mol. The zero-order valence-corrected chi connectivity index (χ0v) is 10.5. The molecule has 0 aliphatic heterocycles. The summed E-state index contributed by atoms with van der Waals surface area (Å²) in [5.74, 6) is 0.261. The molecule has 3 N–H and O–H groups in total. The lowest BCUT2D eigenvalue weighted by molar-refractivity contribution is -0.125. The van der Waals surface area contributed by atoms with Gasteiger partial charge in [0.05, 0.1) is 17.8 Å². The van der Waals surface area contributed by atoms with Gasteiger partial charge in [0.25, 0.3) is 5.91 Å². The predicted octanol–water partition coefficient (Wildman–Crippen LogP) is 1.26. The van der Waals surface area contributed by atoms with Crippen LogP contribution in [0.2, 0.25) is 5.02 Å². The van der Waals surface area contributed by atoms with Crippen LogP contribution in [0.15, 0.2) is 18.2 Å². The second-order valence-electron chi connectivity index (χ2n) is 3.30. The number of nitrogens with two attached hydrogens (primary N) is 1. The highest BCUT2D eigenvalue weighted by Gasteiger charge is 2.17. The Morgan fingerprint density at radius 1 is 1.53 bits per heavy atom. The second-order valence-corrected chi connectivity index (χ2v) is 3.70. The van der Waals surface area contributed by atoms with Gasteiger partial charge in [-0.1, -0.05) is 11.6 Å². The van der Waals surface area contributed by atoms with Crippen molar-refractivity contribution in [3.63, 3.8) is 0 Å². The van der Waals surface area contributed by atoms with Gasteiger partial charge in [-0.25, -0.2) is 0 Å². The van der Waals surface area contributed by atoms with Gasteiger partial charge in [-0.15, -0.1) is 0 Å². The number of amides is 1. The van der Waals surface area contributed by atoms with E-state index in [-0.39, 0.29) is 12.5 Å². The van der Waals surface area contributed by atoms with Crippen molar-refractivity contribution < 1.29 is 14.3 Å². The quantitative estimate of drug-likeness (QED) is 0.834. The number of hydrogen-bond acceptors (Lipinski definition) is 4. The Hall–Kier alpha value is -1.30. The van der Waals surface area contributed by atoms with Crippen molar-refractivity contribution in [2.45, 2.75) is 6.10 Å². The van der Waals surface area contributed by atoms with E-state index in [4.69, 9.17) is 26.8 Å². The van der Waals surface area contributed by atoms with E-state index in [1.54, 1.807) is 18.2 Å². The fraction of sp³-hybridized carbons (Fsp3) is 0.364. The van der Waals surface area contributed by atoms with Crippen LogP contribution in [0, 0.1) is 0 Å². The summed E-state index contributed by atoms with van der Waals surface area (Å²) in [7, 11) is 2.96. The maximum Gasteiger partial charge on any atom is 0.254 e. The van der Waals surface area contributed by atoms with E-state index in [2.05, 4.69) is 5.32 Å². The monoisotopic (exact) mass is 258 g/mol. The summed E-state index contributed by atoms with van der Waals surface area (Å²) in [5.41, 5.74) is 5.85. The van der Waals surface area contributed by atoms with Gasteiger partial charge < -0.3 is 20.5 Å². The van der Waals surface area contributed by atoms with Gasteiger partial charge in [-0.3, -0.25) is 4.79 Å². The van der Waals surface area contributed by atoms with E-state index in [9.17, 15) is 4.79 Å². The zero-order chi connectivity index (χ0) is 12.8. The lowest BCUT2D eigenvalue weighted by atomic mass is 10.2. The third kappa shape index (κ3) is 3.59. The van der Waals surface area contributed by atoms with Gasteiger partial charge in [0.1, 0.15) is 11.9 Å². The zero-order valence-electron chi connectivity index (χ0n) is 9.70. The van der Waals surface area contributed by atoms with Gasteiger partial charge in [-0.2, -0.15) is 0 Å². The normalized spacial score (nSPS) is 12.0. The second kappa shape index (κ2) is 6.44. The third-order valence-electron chi connectivity index (χ3n) is 2.22. The highest BCUT2D eigenvalue weighted by atomic mass is 35.5. The molecule has 0 fully saturated rings. The molecule has 0 saturated carbocycles. The lowest BCUT2D eigenvalue weighted by Gasteiger charge is -2.14. The predicted molar refractivity (Wildman–Crippen MR) is 66.5 cm³/mol. The number of nitrogens with one attached hydrogen (secondary N) is 1. The first-order valence-corrected chi connectivity index (χ1v) is 5.37. The maximum atomic E-state index is 11.7. The van der Waals surface area contributed by atoms with Gasteiger partial charge >= 0.3 is 0 Å². The smallest absolute Gasteiger partial charge is 0.254 e. The first-order valence-electron chi connectivity index (χ1n) is 4.99. The number of carbonyl (C=O) groups is 1. The standard InChI is InChI=1S/C11H15ClN2O3/c1-16-7-3-4-8(12)9(5-7)14-11(15)10(6-13)17-2/h3-5,10H,6,13H2,1-2H3,(H,14,15). The first kappa shape index (κ1) is 13.8. The number of carbonyl (C=O) groups excluding carboxylic acids is 1. The lowest BCUT2D eigenvalue weighted by Crippen LogP contribution is -2.35. The Bertz CT molecular complexity index is 394. The highest BCUT2D eigenvalue weighted by Crippen LogP contribution is 2.26. The molecule has 1 rings (SSSR count). The van der Waals surface area contributed by atoms with Crippen molar-refractivity contribution in [1.29, 1.82) is 0 Å². The molecule has 0 aliphatic carbocycles. The molecule has 0 saturated heterocycles. The van der Waals surface area contributed by atoms with Gasteiger partial charge in [0.15, 0.2) is 0 Å². The molecule has 0 spiro atoms. The molecule has 94 valence electrons. The molecule has 1 unspecified atom stereocenters. The number of halogens is 1. The van der Waals surface area contributed by atoms with Gasteiger partial charge in [0.2, 0.25) is 0 Å². The topological polar surface area (TPSA) is 73.6 Å². The van der Waals surface area contributed by atoms with Crippen molar-refractivity contribution in [3.05, 3.63) is 23.2 Å². The van der Waals surface area contributed by atoms with Crippen LogP contribution in [0.25, 0.3) is 0 Å². The number of methoxy groups -OCH3 is 2. The fourth-order valence-corrected chi connectivity index (χ4v) is 1.42. The molecule has 0 aliphatic rings. The largest absolute Gasteiger partial charge is 0.497 e. The first-order chi connectivity index (χ1) is 8.12. The van der Waals surface area contributed by atoms with Crippen LogP contribution in [0.4, 0.5) is 5.69 Å². The Balaban J connectivity index is 2.83. The average molecular weight is 259 g/mol. The van der Waals surface area contributed by atoms with Crippen molar-refractivity contribution in [1.82, 2.24) is 0 Å². The van der Waals surface area contributed by atoms with Crippen molar-refractivity contribution in [2.75, 3.05) is 26.1 Å². The minimum atomic E-state index is -0.697. The summed E-state index contributed by atoms with van der Waals surface area (Å²) in [6, 6.07) is 4.97. The highest BCUT2D eigenvalue weighted by molar-refractivity contribution is 6.33. The van der Waals surface area contributed by atoms with Crippen LogP contribution in [-0.2, 0) is 9.53 Å². The Labute approximate surface area is 105 Å². The van der Waals surface area contributed by atoms with E-state index >= 15 is 0 Å². The maximum absolute atomic E-state index is 11.7. The molecule has 1 aromatic carbocycles. The number of benzene rings is 1. The van der Waals surface area contributed by atoms with Gasteiger partial charge in [0, 0.05) is 19.7 Å². The van der Waals surface area contributed by atoms with Crippen molar-refractivity contribution >= 4 is 23.2 Å². The molecule has 1 aromatic rings. The molecule has 0 radical (unpaired) electrons. The van der Waals surface area contributed by atoms with Gasteiger partial charge in [-0.05, 0) is 12.1 Å². The number of rotatable bonds is 5. The minimum Gasteiger partial charge on any atom is -0.497 e. The van der Waals surface area contributed by atoms with Crippen molar-refractivity contribution in [3.8, 4) is 5.75 Å². The van der Waals surface area contributed by atoms with Crippen LogP contribution in [0.5, 0.6) is 5.75 Å². The van der Waals surface area contributed by atoms with Crippen LogP contribution in [0.1, 0.15) is 0 Å². The Kier molecular flexibility index (Phi) is 5.21. The summed E-state index contributed by atoms with van der Waals surface area (Å²) in [6.07, 6.45) is -0.697. The molecule has 0 heterocycles. The van der Waals surface area contributed by atoms with E-state index in [0.717, 1.165) is 0 Å². The fourth-order valence-electron chi connectivity index (χ4n) is 1.25. The number of hydrogen-bond donors (Lipinski definition) is 2. The molecule has 0 aromatic heterocycles. The molecule has 1 amide bonds. The third-order valence-corrected chi connectivity index (χ3v) is 2.55. The summed E-state index contributed by atoms with van der Waals surface area (Å²) in [4.78, 5) is 11.7. The summed E-state index contributed by atoms with van der Waals surface area (Å²) in [6.45, 7) is 0.101. The molecule has 17 heavy (non-hydrogen) atoms. The van der Waals surface area contributed by atoms with Crippen LogP contribution in [-0.4, -0.2) is 32.8 Å². The Morgan fingerprint density at radius 2 is 2.24 bits per heavy atom. The molecule has 1 atom stereocenters. The summed E-state index contributed by atoms with van der Waals surface area (Å²) >= 11 is 5.95. The summed E-state index contributed by atoms with van der Waals surface area (Å²) in [5, 5.41) is 3.05. The van der Waals surface area contributed by atoms with E-state index in [1.165, 1.54) is 14.2 Å². The number of anilines is 1. The van der Waals surface area contributed by atoms with E-state index in [1.807, 2.05) is 0 Å². The number of ether oxygens (including phenoxy) is 2. The molecule has 0 bridgehead atoms. The average Bonchev–Trinajstić information content (AvgIpc) is 2.33. The van der Waals surface area contributed by atoms with Crippen LogP contribution in [0.3, 0.4) is 0 Å². The van der Waals surface area contributed by atoms with Crippen molar-refractivity contribution in [2.24, 2.45) is 5.73 Å². The SMILES string of the molecule is COc1ccc(Cl)c(NC(=O)C(CN)OC)c1. The molecular formula is C11H15ClN2O3.